The summed E-state index contributed by atoms with van der Waals surface area (Å²) in [5.41, 5.74) is -0.637. The minimum atomic E-state index is -0.637. The molecule has 1 fully saturated rings. The summed E-state index contributed by atoms with van der Waals surface area (Å²) >= 11 is 0. The van der Waals surface area contributed by atoms with Crippen LogP contribution in [-0.2, 0) is 4.74 Å². The van der Waals surface area contributed by atoms with E-state index in [0.717, 1.165) is 0 Å². The van der Waals surface area contributed by atoms with Gasteiger partial charge in [0, 0.05) is 6.54 Å². The molecule has 1 unspecified atom stereocenters. The maximum atomic E-state index is 9.48. The second kappa shape index (κ2) is 3.49. The van der Waals surface area contributed by atoms with E-state index >= 15 is 0 Å². The van der Waals surface area contributed by atoms with Crippen molar-refractivity contribution in [3.63, 3.8) is 0 Å². The minimum absolute atomic E-state index is 0.425. The van der Waals surface area contributed by atoms with Gasteiger partial charge in [-0.05, 0) is 13.3 Å². The monoisotopic (exact) mass is 161 g/mol. The molecule has 0 bridgehead atoms. The molecule has 1 rings (SSSR count). The average molecular weight is 161 g/mol. The first kappa shape index (κ1) is 8.93. The first-order valence-corrected chi connectivity index (χ1v) is 3.84. The highest BCUT2D eigenvalue weighted by molar-refractivity contribution is 4.85. The average Bonchev–Trinajstić information content (AvgIpc) is 1.83. The lowest BCUT2D eigenvalue weighted by Gasteiger charge is -2.36. The Hall–Kier alpha value is -0.160. The van der Waals surface area contributed by atoms with Crippen molar-refractivity contribution in [2.75, 3.05) is 19.8 Å². The van der Waals surface area contributed by atoms with Gasteiger partial charge >= 0.3 is 0 Å². The molecule has 0 aromatic heterocycles. The standard InChI is InChI=1S/C7H15NO3/c1-6(9)8-3-2-7(10)4-11-5-7/h6,8-10H,2-5H2,1H3. The molecule has 4 heteroatoms. The first-order chi connectivity index (χ1) is 5.12. The molecular weight excluding hydrogens is 146 g/mol. The summed E-state index contributed by atoms with van der Waals surface area (Å²) in [5.74, 6) is 0. The predicted octanol–water partition coefficient (Wildman–Crippen LogP) is -0.934. The molecule has 0 aromatic carbocycles. The number of hydrogen-bond acceptors (Lipinski definition) is 4. The number of ether oxygens (including phenoxy) is 1. The van der Waals surface area contributed by atoms with Gasteiger partial charge in [-0.1, -0.05) is 0 Å². The zero-order valence-electron chi connectivity index (χ0n) is 6.71. The Morgan fingerprint density at radius 1 is 1.64 bits per heavy atom. The Balaban J connectivity index is 2.02. The lowest BCUT2D eigenvalue weighted by molar-refractivity contribution is -0.180. The van der Waals surface area contributed by atoms with Gasteiger partial charge in [-0.25, -0.2) is 0 Å². The molecule has 66 valence electrons. The van der Waals surface area contributed by atoms with Gasteiger partial charge in [-0.15, -0.1) is 0 Å². The topological polar surface area (TPSA) is 61.7 Å². The number of aliphatic hydroxyl groups excluding tert-OH is 1. The van der Waals surface area contributed by atoms with E-state index in [1.807, 2.05) is 0 Å². The van der Waals surface area contributed by atoms with Crippen LogP contribution in [0.1, 0.15) is 13.3 Å². The van der Waals surface area contributed by atoms with Gasteiger partial charge < -0.3 is 14.9 Å². The fourth-order valence-corrected chi connectivity index (χ4v) is 0.996. The molecule has 11 heavy (non-hydrogen) atoms. The van der Waals surface area contributed by atoms with Gasteiger partial charge in [-0.3, -0.25) is 5.32 Å². The van der Waals surface area contributed by atoms with Gasteiger partial charge in [0.2, 0.25) is 0 Å². The molecule has 3 N–H and O–H groups in total. The SMILES string of the molecule is CC(O)NCCC1(O)COC1. The van der Waals surface area contributed by atoms with Crippen molar-refractivity contribution in [2.45, 2.75) is 25.2 Å². The van der Waals surface area contributed by atoms with Crippen molar-refractivity contribution in [2.24, 2.45) is 0 Å². The van der Waals surface area contributed by atoms with Crippen molar-refractivity contribution in [1.29, 1.82) is 0 Å². The Bertz CT molecular complexity index is 123. The Labute approximate surface area is 66.2 Å². The number of rotatable bonds is 4. The zero-order valence-corrected chi connectivity index (χ0v) is 6.71. The highest BCUT2D eigenvalue weighted by Gasteiger charge is 2.35. The number of hydrogen-bond donors (Lipinski definition) is 3. The molecule has 0 amide bonds. The summed E-state index contributed by atoms with van der Waals surface area (Å²) in [5, 5.41) is 21.1. The van der Waals surface area contributed by atoms with Crippen LogP contribution in [-0.4, -0.2) is 41.8 Å². The minimum Gasteiger partial charge on any atom is -0.385 e. The van der Waals surface area contributed by atoms with E-state index in [1.54, 1.807) is 6.92 Å². The van der Waals surface area contributed by atoms with Gasteiger partial charge in [-0.2, -0.15) is 0 Å². The highest BCUT2D eigenvalue weighted by atomic mass is 16.5. The van der Waals surface area contributed by atoms with Crippen molar-refractivity contribution < 1.29 is 14.9 Å². The fourth-order valence-electron chi connectivity index (χ4n) is 0.996. The molecular formula is C7H15NO3. The van der Waals surface area contributed by atoms with E-state index in [0.29, 0.717) is 26.2 Å². The third-order valence-electron chi connectivity index (χ3n) is 1.77. The van der Waals surface area contributed by atoms with E-state index in [4.69, 9.17) is 9.84 Å². The highest BCUT2D eigenvalue weighted by Crippen LogP contribution is 2.19. The maximum absolute atomic E-state index is 9.48. The molecule has 1 atom stereocenters. The van der Waals surface area contributed by atoms with Crippen LogP contribution < -0.4 is 5.32 Å². The van der Waals surface area contributed by atoms with Crippen molar-refractivity contribution >= 4 is 0 Å². The van der Waals surface area contributed by atoms with Gasteiger partial charge in [0.05, 0.1) is 13.2 Å². The molecule has 1 aliphatic rings. The summed E-state index contributed by atoms with van der Waals surface area (Å²) in [6, 6.07) is 0. The first-order valence-electron chi connectivity index (χ1n) is 3.84. The van der Waals surface area contributed by atoms with Crippen LogP contribution in [0.4, 0.5) is 0 Å². The number of nitrogens with one attached hydrogen (secondary N) is 1. The Kier molecular flexibility index (Phi) is 2.84. The van der Waals surface area contributed by atoms with Crippen LogP contribution in [0.15, 0.2) is 0 Å². The third-order valence-corrected chi connectivity index (χ3v) is 1.77. The third kappa shape index (κ3) is 2.75. The molecule has 0 spiro atoms. The molecule has 1 heterocycles. The lowest BCUT2D eigenvalue weighted by Crippen LogP contribution is -2.51. The molecule has 1 saturated heterocycles. The van der Waals surface area contributed by atoms with E-state index < -0.39 is 11.8 Å². The summed E-state index contributed by atoms with van der Waals surface area (Å²) in [7, 11) is 0. The van der Waals surface area contributed by atoms with E-state index in [9.17, 15) is 5.11 Å². The predicted molar refractivity (Wildman–Crippen MR) is 40.1 cm³/mol. The van der Waals surface area contributed by atoms with Crippen LogP contribution in [0, 0.1) is 0 Å². The van der Waals surface area contributed by atoms with Crippen LogP contribution in [0.25, 0.3) is 0 Å². The van der Waals surface area contributed by atoms with Crippen LogP contribution in [0.3, 0.4) is 0 Å². The summed E-state index contributed by atoms with van der Waals surface area (Å²) < 4.78 is 4.86. The molecule has 1 aliphatic heterocycles. The van der Waals surface area contributed by atoms with Crippen LogP contribution in [0.2, 0.25) is 0 Å². The largest absolute Gasteiger partial charge is 0.385 e. The normalized spacial score (nSPS) is 24.3. The van der Waals surface area contributed by atoms with Crippen LogP contribution >= 0.6 is 0 Å². The van der Waals surface area contributed by atoms with Crippen molar-refractivity contribution in [3.8, 4) is 0 Å². The van der Waals surface area contributed by atoms with E-state index in [2.05, 4.69) is 5.32 Å². The Morgan fingerprint density at radius 2 is 2.27 bits per heavy atom. The van der Waals surface area contributed by atoms with Gasteiger partial charge in [0.15, 0.2) is 0 Å². The molecule has 0 aromatic rings. The van der Waals surface area contributed by atoms with E-state index in [1.165, 1.54) is 0 Å². The van der Waals surface area contributed by atoms with Crippen LogP contribution in [0.5, 0.6) is 0 Å². The molecule has 4 nitrogen and oxygen atoms in total. The summed E-state index contributed by atoms with van der Waals surface area (Å²) in [6.07, 6.45) is 0.136. The molecule has 0 radical (unpaired) electrons. The van der Waals surface area contributed by atoms with Crippen molar-refractivity contribution in [1.82, 2.24) is 5.32 Å². The Morgan fingerprint density at radius 3 is 2.64 bits per heavy atom. The molecule has 0 saturated carbocycles. The fraction of sp³-hybridized carbons (Fsp3) is 1.00. The summed E-state index contributed by atoms with van der Waals surface area (Å²) in [6.45, 7) is 3.13. The van der Waals surface area contributed by atoms with Crippen molar-refractivity contribution in [3.05, 3.63) is 0 Å². The zero-order chi connectivity index (χ0) is 8.32. The quantitative estimate of drug-likeness (QED) is 0.466. The van der Waals surface area contributed by atoms with Gasteiger partial charge in [0.25, 0.3) is 0 Å². The maximum Gasteiger partial charge on any atom is 0.112 e. The molecule has 0 aliphatic carbocycles. The smallest absolute Gasteiger partial charge is 0.112 e. The lowest BCUT2D eigenvalue weighted by atomic mass is 9.98. The summed E-state index contributed by atoms with van der Waals surface area (Å²) in [4.78, 5) is 0. The second-order valence-corrected chi connectivity index (χ2v) is 3.10. The van der Waals surface area contributed by atoms with Gasteiger partial charge in [0.1, 0.15) is 11.8 Å². The number of aliphatic hydroxyl groups is 2. The van der Waals surface area contributed by atoms with E-state index in [-0.39, 0.29) is 0 Å². The second-order valence-electron chi connectivity index (χ2n) is 3.10.